The number of nitrogens with zero attached hydrogens (tertiary/aromatic N) is 1. The fourth-order valence-corrected chi connectivity index (χ4v) is 0.663. The van der Waals surface area contributed by atoms with Gasteiger partial charge in [0.15, 0.2) is 0 Å². The summed E-state index contributed by atoms with van der Waals surface area (Å²) in [4.78, 5) is 3.70. The Morgan fingerprint density at radius 1 is 1.45 bits per heavy atom. The smallest absolute Gasteiger partial charge is 0.146 e. The van der Waals surface area contributed by atoms with Crippen LogP contribution in [0.2, 0.25) is 0 Å². The summed E-state index contributed by atoms with van der Waals surface area (Å²) in [6.07, 6.45) is 1.40. The molecule has 0 aromatic heterocycles. The van der Waals surface area contributed by atoms with Crippen LogP contribution in [0, 0.1) is 5.41 Å². The Labute approximate surface area is 75.6 Å². The van der Waals surface area contributed by atoms with Crippen LogP contribution in [-0.2, 0) is 0 Å². The first-order valence-corrected chi connectivity index (χ1v) is 3.66. The molecular formula is C6H9Cl2N3. The molecule has 0 unspecified atom stereocenters. The number of rotatable bonds is 2. The monoisotopic (exact) mass is 193 g/mol. The molecule has 0 aliphatic carbocycles. The largest absolute Gasteiger partial charge is 0.348 e. The minimum atomic E-state index is 0.226. The number of aliphatic imine (C=N–C) groups is 1. The first-order chi connectivity index (χ1) is 5.02. The molecule has 11 heavy (non-hydrogen) atoms. The predicted octanol–water partition coefficient (Wildman–Crippen LogP) is 2.27. The van der Waals surface area contributed by atoms with Crippen molar-refractivity contribution in [2.75, 3.05) is 0 Å². The first kappa shape index (κ1) is 10.5. The van der Waals surface area contributed by atoms with Gasteiger partial charge in [-0.25, -0.2) is 4.99 Å². The van der Waals surface area contributed by atoms with Crippen molar-refractivity contribution in [3.8, 4) is 0 Å². The molecule has 0 bridgehead atoms. The maximum Gasteiger partial charge on any atom is 0.146 e. The topological polar surface area (TPSA) is 48.2 Å². The van der Waals surface area contributed by atoms with Crippen molar-refractivity contribution in [3.63, 3.8) is 0 Å². The maximum absolute atomic E-state index is 6.97. The van der Waals surface area contributed by atoms with Crippen molar-refractivity contribution in [2.45, 2.75) is 13.8 Å². The van der Waals surface area contributed by atoms with Crippen LogP contribution in [0.5, 0.6) is 0 Å². The van der Waals surface area contributed by atoms with Gasteiger partial charge in [0.05, 0.1) is 5.84 Å². The van der Waals surface area contributed by atoms with E-state index in [1.54, 1.807) is 13.8 Å². The van der Waals surface area contributed by atoms with Crippen molar-refractivity contribution in [3.05, 3.63) is 11.4 Å². The van der Waals surface area contributed by atoms with Crippen molar-refractivity contribution >= 4 is 34.2 Å². The third-order valence-electron chi connectivity index (χ3n) is 0.669. The molecule has 0 aromatic carbocycles. The minimum Gasteiger partial charge on any atom is -0.348 e. The van der Waals surface area contributed by atoms with E-state index in [-0.39, 0.29) is 5.16 Å². The zero-order chi connectivity index (χ0) is 8.85. The van der Waals surface area contributed by atoms with Crippen LogP contribution in [-0.4, -0.2) is 11.0 Å². The maximum atomic E-state index is 6.97. The van der Waals surface area contributed by atoms with Crippen molar-refractivity contribution in [1.29, 1.82) is 5.41 Å². The molecule has 0 radical (unpaired) electrons. The second-order valence-electron chi connectivity index (χ2n) is 1.85. The van der Waals surface area contributed by atoms with Gasteiger partial charge >= 0.3 is 0 Å². The summed E-state index contributed by atoms with van der Waals surface area (Å²) in [7, 11) is 0. The van der Waals surface area contributed by atoms with Crippen LogP contribution in [0.4, 0.5) is 0 Å². The van der Waals surface area contributed by atoms with Crippen LogP contribution in [0.1, 0.15) is 13.8 Å². The second kappa shape index (κ2) is 5.16. The number of amidine groups is 1. The highest BCUT2D eigenvalue weighted by Crippen LogP contribution is 2.02. The van der Waals surface area contributed by atoms with Gasteiger partial charge in [-0.05, 0) is 13.8 Å². The predicted molar refractivity (Wildman–Crippen MR) is 49.4 cm³/mol. The molecular weight excluding hydrogens is 185 g/mol. The Kier molecular flexibility index (Phi) is 4.90. The summed E-state index contributed by atoms with van der Waals surface area (Å²) >= 11 is 11.0. The summed E-state index contributed by atoms with van der Waals surface area (Å²) in [5.41, 5.74) is 0. The molecule has 0 aromatic rings. The molecule has 0 saturated heterocycles. The highest BCUT2D eigenvalue weighted by atomic mass is 35.5. The fraction of sp³-hybridized carbons (Fsp3) is 0.333. The highest BCUT2D eigenvalue weighted by Gasteiger charge is 1.88. The molecule has 0 rings (SSSR count). The van der Waals surface area contributed by atoms with Crippen LogP contribution < -0.4 is 5.32 Å². The van der Waals surface area contributed by atoms with E-state index >= 15 is 0 Å². The Morgan fingerprint density at radius 2 is 2.00 bits per heavy atom. The summed E-state index contributed by atoms with van der Waals surface area (Å²) in [5, 5.41) is 10.1. The lowest BCUT2D eigenvalue weighted by Crippen LogP contribution is -2.10. The molecule has 0 aliphatic rings. The van der Waals surface area contributed by atoms with Crippen LogP contribution in [0.25, 0.3) is 0 Å². The molecule has 0 amide bonds. The molecule has 0 fully saturated rings. The Balaban J connectivity index is 4.02. The van der Waals surface area contributed by atoms with Gasteiger partial charge in [-0.15, -0.1) is 0 Å². The van der Waals surface area contributed by atoms with Crippen LogP contribution >= 0.6 is 23.2 Å². The first-order valence-electron chi connectivity index (χ1n) is 2.90. The normalized spacial score (nSPS) is 13.1. The second-order valence-corrected chi connectivity index (χ2v) is 2.78. The number of nitrogens with one attached hydrogen (secondary N) is 2. The van der Waals surface area contributed by atoms with E-state index in [2.05, 4.69) is 10.3 Å². The lowest BCUT2D eigenvalue weighted by molar-refractivity contribution is 1.19. The van der Waals surface area contributed by atoms with Gasteiger partial charge in [0.25, 0.3) is 0 Å². The molecule has 3 nitrogen and oxygen atoms in total. The highest BCUT2D eigenvalue weighted by molar-refractivity contribution is 6.65. The number of hydrogen-bond donors (Lipinski definition) is 2. The van der Waals surface area contributed by atoms with E-state index in [1.807, 2.05) is 0 Å². The van der Waals surface area contributed by atoms with E-state index in [9.17, 15) is 0 Å². The van der Waals surface area contributed by atoms with Gasteiger partial charge in [-0.2, -0.15) is 0 Å². The van der Waals surface area contributed by atoms with E-state index in [4.69, 9.17) is 28.6 Å². The molecule has 5 heteroatoms. The third kappa shape index (κ3) is 7.36. The summed E-state index contributed by atoms with van der Waals surface area (Å²) in [6, 6.07) is 0. The average molecular weight is 194 g/mol. The van der Waals surface area contributed by atoms with E-state index in [0.29, 0.717) is 11.0 Å². The minimum absolute atomic E-state index is 0.226. The molecule has 0 spiro atoms. The Bertz CT molecular complexity index is 204. The van der Waals surface area contributed by atoms with E-state index < -0.39 is 0 Å². The lowest BCUT2D eigenvalue weighted by Gasteiger charge is -1.94. The van der Waals surface area contributed by atoms with E-state index in [0.717, 1.165) is 0 Å². The fourth-order valence-electron chi connectivity index (χ4n) is 0.347. The van der Waals surface area contributed by atoms with Crippen molar-refractivity contribution < 1.29 is 0 Å². The molecule has 2 N–H and O–H groups in total. The van der Waals surface area contributed by atoms with Gasteiger partial charge in [0, 0.05) is 6.20 Å². The molecule has 62 valence electrons. The quantitative estimate of drug-likeness (QED) is 0.395. The van der Waals surface area contributed by atoms with Gasteiger partial charge in [-0.3, -0.25) is 5.41 Å². The van der Waals surface area contributed by atoms with E-state index in [1.165, 1.54) is 6.20 Å². The molecule has 0 aliphatic heterocycles. The third-order valence-corrected chi connectivity index (χ3v) is 0.947. The standard InChI is InChI=1S/C6H9Cl2N3/c1-4(7)11-6(8)3-10-5(2)9/h3H,1-2H3,(H2,9,10)/b6-3?,11-4+. The van der Waals surface area contributed by atoms with Gasteiger partial charge in [0.1, 0.15) is 10.3 Å². The summed E-state index contributed by atoms with van der Waals surface area (Å²) in [6.45, 7) is 3.22. The zero-order valence-electron chi connectivity index (χ0n) is 6.28. The summed E-state index contributed by atoms with van der Waals surface area (Å²) in [5.74, 6) is 0.297. The zero-order valence-corrected chi connectivity index (χ0v) is 7.79. The van der Waals surface area contributed by atoms with Crippen molar-refractivity contribution in [2.24, 2.45) is 4.99 Å². The Morgan fingerprint density at radius 3 is 2.36 bits per heavy atom. The van der Waals surface area contributed by atoms with Gasteiger partial charge < -0.3 is 5.32 Å². The molecule has 0 atom stereocenters. The van der Waals surface area contributed by atoms with Gasteiger partial charge in [0.2, 0.25) is 0 Å². The van der Waals surface area contributed by atoms with Crippen molar-refractivity contribution in [1.82, 2.24) is 5.32 Å². The lowest BCUT2D eigenvalue weighted by atomic mass is 10.7. The Hall–Kier alpha value is -0.540. The SMILES string of the molecule is CC(=N)NC=C(Cl)/N=C(\C)Cl. The van der Waals surface area contributed by atoms with Crippen LogP contribution in [0.15, 0.2) is 16.3 Å². The van der Waals surface area contributed by atoms with Gasteiger partial charge in [-0.1, -0.05) is 23.2 Å². The molecule has 0 heterocycles. The molecule has 0 saturated carbocycles. The summed E-state index contributed by atoms with van der Waals surface area (Å²) < 4.78 is 0. The number of hydrogen-bond acceptors (Lipinski definition) is 2. The van der Waals surface area contributed by atoms with Crippen LogP contribution in [0.3, 0.4) is 0 Å². The number of halogens is 2. The average Bonchev–Trinajstić information content (AvgIpc) is 1.82.